The van der Waals surface area contributed by atoms with Crippen molar-refractivity contribution in [2.75, 3.05) is 4.90 Å². The van der Waals surface area contributed by atoms with Crippen molar-refractivity contribution in [2.45, 2.75) is 6.04 Å². The lowest BCUT2D eigenvalue weighted by Crippen LogP contribution is -2.31. The van der Waals surface area contributed by atoms with E-state index in [9.17, 15) is 0 Å². The van der Waals surface area contributed by atoms with E-state index in [0.717, 1.165) is 44.1 Å². The van der Waals surface area contributed by atoms with Gasteiger partial charge in [0.2, 0.25) is 0 Å². The highest BCUT2D eigenvalue weighted by Gasteiger charge is 2.34. The average Bonchev–Trinajstić information content (AvgIpc) is 3.36. The second-order valence-electron chi connectivity index (χ2n) is 9.09. The maximum atomic E-state index is 6.32. The van der Waals surface area contributed by atoms with Gasteiger partial charge >= 0.3 is 0 Å². The molecule has 6 aromatic rings. The van der Waals surface area contributed by atoms with Crippen LogP contribution in [0.1, 0.15) is 28.4 Å². The number of aromatic amines is 1. The van der Waals surface area contributed by atoms with Gasteiger partial charge in [-0.1, -0.05) is 78.3 Å². The zero-order valence-corrected chi connectivity index (χ0v) is 20.2. The molecule has 172 valence electrons. The molecule has 1 aliphatic heterocycles. The van der Waals surface area contributed by atoms with Crippen LogP contribution in [-0.4, -0.2) is 9.97 Å². The number of pyridine rings is 1. The van der Waals surface area contributed by atoms with E-state index in [1.807, 2.05) is 18.2 Å². The van der Waals surface area contributed by atoms with Gasteiger partial charge < -0.3 is 9.88 Å². The highest BCUT2D eigenvalue weighted by atomic mass is 35.5. The minimum atomic E-state index is -0.0883. The quantitative estimate of drug-likeness (QED) is 0.273. The minimum absolute atomic E-state index is 0.0883. The van der Waals surface area contributed by atoms with E-state index in [1.54, 1.807) is 0 Å². The van der Waals surface area contributed by atoms with E-state index in [0.29, 0.717) is 0 Å². The number of halogens is 1. The maximum Gasteiger partial charge on any atom is 0.0886 e. The fourth-order valence-corrected chi connectivity index (χ4v) is 5.43. The first-order valence-electron chi connectivity index (χ1n) is 12.0. The zero-order valence-electron chi connectivity index (χ0n) is 19.4. The highest BCUT2D eigenvalue weighted by Crippen LogP contribution is 2.46. The van der Waals surface area contributed by atoms with Crippen molar-refractivity contribution in [1.29, 1.82) is 0 Å². The summed E-state index contributed by atoms with van der Waals surface area (Å²) in [7, 11) is 0. The fourth-order valence-electron chi connectivity index (χ4n) is 5.31. The number of para-hydroxylation sites is 2. The van der Waals surface area contributed by atoms with Crippen LogP contribution in [0.5, 0.6) is 0 Å². The Bertz CT molecular complexity index is 1750. The van der Waals surface area contributed by atoms with Crippen molar-refractivity contribution in [3.05, 3.63) is 143 Å². The molecule has 0 aliphatic carbocycles. The summed E-state index contributed by atoms with van der Waals surface area (Å²) < 4.78 is 0. The molecule has 4 aromatic carbocycles. The third-order valence-corrected chi connectivity index (χ3v) is 7.21. The summed E-state index contributed by atoms with van der Waals surface area (Å²) in [5.41, 5.74) is 8.80. The van der Waals surface area contributed by atoms with Crippen molar-refractivity contribution >= 4 is 50.9 Å². The molecular formula is C32H22ClN3. The van der Waals surface area contributed by atoms with Crippen molar-refractivity contribution in [3.8, 4) is 0 Å². The van der Waals surface area contributed by atoms with Gasteiger partial charge in [0.15, 0.2) is 0 Å². The van der Waals surface area contributed by atoms with E-state index >= 15 is 0 Å². The number of benzene rings is 4. The van der Waals surface area contributed by atoms with E-state index < -0.39 is 0 Å². The molecule has 0 amide bonds. The molecule has 7 rings (SSSR count). The lowest BCUT2D eigenvalue weighted by Gasteiger charge is -2.39. The van der Waals surface area contributed by atoms with Crippen LogP contribution in [0.2, 0.25) is 5.02 Å². The Morgan fingerprint density at radius 2 is 1.50 bits per heavy atom. The zero-order chi connectivity index (χ0) is 24.1. The average molecular weight is 484 g/mol. The molecule has 2 aromatic heterocycles. The van der Waals surface area contributed by atoms with Crippen molar-refractivity contribution in [3.63, 3.8) is 0 Å². The molecule has 0 bridgehead atoms. The van der Waals surface area contributed by atoms with E-state index in [1.165, 1.54) is 16.5 Å². The van der Waals surface area contributed by atoms with Gasteiger partial charge in [-0.15, -0.1) is 0 Å². The fraction of sp³-hybridized carbons (Fsp3) is 0.0312. The Hall–Kier alpha value is -4.34. The van der Waals surface area contributed by atoms with Crippen LogP contribution in [0, 0.1) is 0 Å². The van der Waals surface area contributed by atoms with Crippen LogP contribution in [-0.2, 0) is 0 Å². The summed E-state index contributed by atoms with van der Waals surface area (Å²) in [6.07, 6.45) is 4.36. The molecule has 0 radical (unpaired) electrons. The smallest absolute Gasteiger partial charge is 0.0886 e. The predicted molar refractivity (Wildman–Crippen MR) is 150 cm³/mol. The van der Waals surface area contributed by atoms with Crippen LogP contribution in [0.25, 0.3) is 33.6 Å². The number of hydrogen-bond acceptors (Lipinski definition) is 2. The first-order valence-corrected chi connectivity index (χ1v) is 12.4. The lowest BCUT2D eigenvalue weighted by atomic mass is 9.88. The molecule has 3 heterocycles. The molecule has 1 unspecified atom stereocenters. The van der Waals surface area contributed by atoms with Crippen LogP contribution in [0.3, 0.4) is 0 Å². The Balaban J connectivity index is 1.57. The summed E-state index contributed by atoms with van der Waals surface area (Å²) >= 11 is 6.32. The van der Waals surface area contributed by atoms with E-state index in [-0.39, 0.29) is 6.04 Å². The van der Waals surface area contributed by atoms with Crippen molar-refractivity contribution in [2.24, 2.45) is 0 Å². The van der Waals surface area contributed by atoms with Gasteiger partial charge in [-0.05, 0) is 54.1 Å². The first-order chi connectivity index (χ1) is 17.8. The van der Waals surface area contributed by atoms with Crippen LogP contribution >= 0.6 is 11.6 Å². The molecule has 0 spiro atoms. The summed E-state index contributed by atoms with van der Waals surface area (Å²) in [4.78, 5) is 11.1. The van der Waals surface area contributed by atoms with E-state index in [2.05, 4.69) is 113 Å². The number of fused-ring (bicyclic) bond motifs is 3. The monoisotopic (exact) mass is 483 g/mol. The molecule has 1 atom stereocenters. The number of nitrogens with one attached hydrogen (secondary N) is 1. The van der Waals surface area contributed by atoms with Gasteiger partial charge in [0.1, 0.15) is 0 Å². The van der Waals surface area contributed by atoms with Crippen molar-refractivity contribution < 1.29 is 0 Å². The Morgan fingerprint density at radius 3 is 2.36 bits per heavy atom. The highest BCUT2D eigenvalue weighted by molar-refractivity contribution is 6.30. The summed E-state index contributed by atoms with van der Waals surface area (Å²) in [5.74, 6) is 0. The standard InChI is InChI=1S/C32H22ClN3/c33-23-14-16-24(17-15-23)36-31(21-8-2-1-3-9-21)19-30-26(18-22-10-4-6-12-28(22)35-30)32(36)27-20-34-29-13-7-5-11-25(27)29/h1-20,32,34H. The summed E-state index contributed by atoms with van der Waals surface area (Å²) in [5, 5.41) is 3.06. The number of hydrogen-bond donors (Lipinski definition) is 1. The SMILES string of the molecule is Clc1ccc(N2C(c3ccccc3)=Cc3nc4ccccc4cc3C2c2c[nH]c3ccccc23)cc1. The normalized spacial score (nSPS) is 15.2. The summed E-state index contributed by atoms with van der Waals surface area (Å²) in [6, 6.07) is 37.7. The Labute approximate surface area is 214 Å². The molecular weight excluding hydrogens is 462 g/mol. The largest absolute Gasteiger partial charge is 0.361 e. The number of H-pyrrole nitrogens is 1. The minimum Gasteiger partial charge on any atom is -0.361 e. The maximum absolute atomic E-state index is 6.32. The van der Waals surface area contributed by atoms with Crippen molar-refractivity contribution in [1.82, 2.24) is 9.97 Å². The van der Waals surface area contributed by atoms with Gasteiger partial charge in [0, 0.05) is 44.3 Å². The number of anilines is 1. The van der Waals surface area contributed by atoms with Gasteiger partial charge in [0.25, 0.3) is 0 Å². The van der Waals surface area contributed by atoms with Gasteiger partial charge in [-0.3, -0.25) is 0 Å². The molecule has 1 N–H and O–H groups in total. The first kappa shape index (κ1) is 21.0. The van der Waals surface area contributed by atoms with Gasteiger partial charge in [0.05, 0.1) is 22.9 Å². The second kappa shape index (κ2) is 8.40. The van der Waals surface area contributed by atoms with Gasteiger partial charge in [-0.25, -0.2) is 4.98 Å². The number of nitrogens with zero attached hydrogens (tertiary/aromatic N) is 2. The third-order valence-electron chi connectivity index (χ3n) is 6.96. The van der Waals surface area contributed by atoms with Gasteiger partial charge in [-0.2, -0.15) is 0 Å². The van der Waals surface area contributed by atoms with Crippen LogP contribution in [0.4, 0.5) is 5.69 Å². The number of aromatic nitrogens is 2. The lowest BCUT2D eigenvalue weighted by molar-refractivity contribution is 0.817. The molecule has 3 nitrogen and oxygen atoms in total. The molecule has 0 fully saturated rings. The molecule has 0 saturated heterocycles. The number of rotatable bonds is 3. The summed E-state index contributed by atoms with van der Waals surface area (Å²) in [6.45, 7) is 0. The Kier molecular flexibility index (Phi) is 4.90. The molecule has 1 aliphatic rings. The topological polar surface area (TPSA) is 31.9 Å². The third kappa shape index (κ3) is 3.40. The second-order valence-corrected chi connectivity index (χ2v) is 9.53. The predicted octanol–water partition coefficient (Wildman–Crippen LogP) is 8.48. The molecule has 0 saturated carbocycles. The molecule has 4 heteroatoms. The van der Waals surface area contributed by atoms with Crippen LogP contribution in [0.15, 0.2) is 115 Å². The van der Waals surface area contributed by atoms with Crippen LogP contribution < -0.4 is 4.90 Å². The molecule has 36 heavy (non-hydrogen) atoms. The van der Waals surface area contributed by atoms with E-state index in [4.69, 9.17) is 16.6 Å². The Morgan fingerprint density at radius 1 is 0.750 bits per heavy atom.